The monoisotopic (exact) mass is 361 g/mol. The Kier molecular flexibility index (Phi) is 5.56. The fourth-order valence-corrected chi connectivity index (χ4v) is 3.17. The number of carbonyl (C=O) groups is 2. The van der Waals surface area contributed by atoms with Crippen molar-refractivity contribution in [2.24, 2.45) is 5.92 Å². The third kappa shape index (κ3) is 4.35. The molecule has 27 heavy (non-hydrogen) atoms. The predicted octanol–water partition coefficient (Wildman–Crippen LogP) is 4.14. The maximum Gasteiger partial charge on any atom is 0.255 e. The zero-order chi connectivity index (χ0) is 19.4. The molecule has 3 rings (SSSR count). The molecule has 1 aliphatic rings. The van der Waals surface area contributed by atoms with E-state index in [0.29, 0.717) is 35.6 Å². The fraction of sp³-hybridized carbons (Fsp3) is 0.318. The Balaban J connectivity index is 1.76. The highest BCUT2D eigenvalue weighted by atomic mass is 16.2. The number of nitriles is 1. The summed E-state index contributed by atoms with van der Waals surface area (Å²) in [4.78, 5) is 26.6. The van der Waals surface area contributed by atoms with E-state index in [1.54, 1.807) is 24.3 Å². The Morgan fingerprint density at radius 1 is 1.19 bits per heavy atom. The van der Waals surface area contributed by atoms with E-state index in [1.165, 1.54) is 0 Å². The van der Waals surface area contributed by atoms with Crippen LogP contribution in [-0.2, 0) is 11.2 Å². The van der Waals surface area contributed by atoms with Crippen LogP contribution < -0.4 is 10.2 Å². The van der Waals surface area contributed by atoms with E-state index in [1.807, 2.05) is 29.2 Å². The average Bonchev–Trinajstić information content (AvgIpc) is 2.67. The van der Waals surface area contributed by atoms with Crippen LogP contribution in [0.1, 0.15) is 48.2 Å². The molecule has 138 valence electrons. The van der Waals surface area contributed by atoms with Gasteiger partial charge in [-0.1, -0.05) is 13.8 Å². The minimum absolute atomic E-state index is 0.164. The van der Waals surface area contributed by atoms with Crippen LogP contribution in [0, 0.1) is 17.2 Å². The molecule has 2 aromatic rings. The van der Waals surface area contributed by atoms with Crippen LogP contribution in [0.15, 0.2) is 42.5 Å². The minimum atomic E-state index is -0.219. The Labute approximate surface area is 159 Å². The molecule has 2 aromatic carbocycles. The molecular weight excluding hydrogens is 338 g/mol. The van der Waals surface area contributed by atoms with Gasteiger partial charge in [-0.2, -0.15) is 5.26 Å². The minimum Gasteiger partial charge on any atom is -0.322 e. The molecule has 0 fully saturated rings. The molecule has 1 heterocycles. The van der Waals surface area contributed by atoms with Crippen LogP contribution in [0.4, 0.5) is 11.4 Å². The molecule has 1 aliphatic heterocycles. The largest absolute Gasteiger partial charge is 0.322 e. The van der Waals surface area contributed by atoms with Crippen LogP contribution in [0.5, 0.6) is 0 Å². The average molecular weight is 361 g/mol. The Morgan fingerprint density at radius 2 is 1.93 bits per heavy atom. The molecule has 2 amide bonds. The molecule has 1 N–H and O–H groups in total. The van der Waals surface area contributed by atoms with E-state index >= 15 is 0 Å². The lowest BCUT2D eigenvalue weighted by Gasteiger charge is -2.30. The summed E-state index contributed by atoms with van der Waals surface area (Å²) in [6.07, 6.45) is 2.15. The molecule has 0 bridgehead atoms. The van der Waals surface area contributed by atoms with Crippen molar-refractivity contribution in [3.63, 3.8) is 0 Å². The third-order valence-electron chi connectivity index (χ3n) is 4.74. The van der Waals surface area contributed by atoms with Crippen molar-refractivity contribution < 1.29 is 9.59 Å². The molecule has 0 saturated heterocycles. The zero-order valence-corrected chi connectivity index (χ0v) is 15.7. The van der Waals surface area contributed by atoms with Gasteiger partial charge >= 0.3 is 0 Å². The van der Waals surface area contributed by atoms with Gasteiger partial charge in [0.2, 0.25) is 5.91 Å². The lowest BCUT2D eigenvalue weighted by molar-refractivity contribution is -0.118. The van der Waals surface area contributed by atoms with Crippen molar-refractivity contribution >= 4 is 23.2 Å². The van der Waals surface area contributed by atoms with Gasteiger partial charge in [0, 0.05) is 29.9 Å². The van der Waals surface area contributed by atoms with Crippen LogP contribution >= 0.6 is 0 Å². The van der Waals surface area contributed by atoms with Crippen LogP contribution in [0.25, 0.3) is 0 Å². The molecule has 0 spiro atoms. The second kappa shape index (κ2) is 8.05. The zero-order valence-electron chi connectivity index (χ0n) is 15.7. The molecular formula is C22H23N3O2. The van der Waals surface area contributed by atoms with Gasteiger partial charge in [-0.3, -0.25) is 9.59 Å². The van der Waals surface area contributed by atoms with E-state index in [2.05, 4.69) is 19.2 Å². The molecule has 0 saturated carbocycles. The van der Waals surface area contributed by atoms with E-state index in [9.17, 15) is 9.59 Å². The second-order valence-corrected chi connectivity index (χ2v) is 7.21. The number of hydrogen-bond donors (Lipinski definition) is 1. The highest BCUT2D eigenvalue weighted by molar-refractivity contribution is 6.05. The summed E-state index contributed by atoms with van der Waals surface area (Å²) in [5.74, 6) is 0.481. The molecule has 5 heteroatoms. The van der Waals surface area contributed by atoms with Gasteiger partial charge in [0.1, 0.15) is 0 Å². The summed E-state index contributed by atoms with van der Waals surface area (Å²) in [7, 11) is 0. The van der Waals surface area contributed by atoms with Crippen LogP contribution in [0.2, 0.25) is 0 Å². The Hall–Kier alpha value is -3.13. The summed E-state index contributed by atoms with van der Waals surface area (Å²) in [5, 5.41) is 11.7. The summed E-state index contributed by atoms with van der Waals surface area (Å²) >= 11 is 0. The van der Waals surface area contributed by atoms with E-state index in [-0.39, 0.29) is 11.8 Å². The van der Waals surface area contributed by atoms with Crippen molar-refractivity contribution in [2.45, 2.75) is 33.1 Å². The molecule has 0 aliphatic carbocycles. The van der Waals surface area contributed by atoms with Gasteiger partial charge in [0.15, 0.2) is 0 Å². The van der Waals surface area contributed by atoms with Crippen molar-refractivity contribution in [3.05, 3.63) is 59.2 Å². The standard InChI is InChI=1S/C22H23N3O2/c1-15(2)11-12-25-20-9-8-19(13-18(20)7-10-21(25)26)24-22(27)17-5-3-16(14-23)4-6-17/h3-6,8-9,13,15H,7,10-12H2,1-2H3,(H,24,27). The lowest BCUT2D eigenvalue weighted by Crippen LogP contribution is -2.36. The highest BCUT2D eigenvalue weighted by Gasteiger charge is 2.24. The maximum atomic E-state index is 12.4. The van der Waals surface area contributed by atoms with Gasteiger partial charge in [-0.05, 0) is 66.8 Å². The number of hydrogen-bond acceptors (Lipinski definition) is 3. The van der Waals surface area contributed by atoms with Crippen molar-refractivity contribution in [1.82, 2.24) is 0 Å². The normalized spacial score (nSPS) is 13.3. The number of benzene rings is 2. The van der Waals surface area contributed by atoms with Crippen LogP contribution in [-0.4, -0.2) is 18.4 Å². The summed E-state index contributed by atoms with van der Waals surface area (Å²) in [6.45, 7) is 5.02. The number of carbonyl (C=O) groups excluding carboxylic acids is 2. The van der Waals surface area contributed by atoms with Crippen molar-refractivity contribution in [3.8, 4) is 6.07 Å². The van der Waals surface area contributed by atoms with Gasteiger partial charge < -0.3 is 10.2 Å². The van der Waals surface area contributed by atoms with Gasteiger partial charge in [0.25, 0.3) is 5.91 Å². The number of anilines is 2. The van der Waals surface area contributed by atoms with E-state index in [4.69, 9.17) is 5.26 Å². The summed E-state index contributed by atoms with van der Waals surface area (Å²) in [6, 6.07) is 14.3. The summed E-state index contributed by atoms with van der Waals surface area (Å²) < 4.78 is 0. The number of nitrogens with one attached hydrogen (secondary N) is 1. The maximum absolute atomic E-state index is 12.4. The molecule has 0 atom stereocenters. The first-order valence-electron chi connectivity index (χ1n) is 9.22. The van der Waals surface area contributed by atoms with Gasteiger partial charge in [-0.15, -0.1) is 0 Å². The first kappa shape index (κ1) is 18.7. The first-order valence-corrected chi connectivity index (χ1v) is 9.22. The highest BCUT2D eigenvalue weighted by Crippen LogP contribution is 2.31. The lowest BCUT2D eigenvalue weighted by atomic mass is 9.99. The van der Waals surface area contributed by atoms with Gasteiger partial charge in [-0.25, -0.2) is 0 Å². The topological polar surface area (TPSA) is 73.2 Å². The molecule has 5 nitrogen and oxygen atoms in total. The smallest absolute Gasteiger partial charge is 0.255 e. The second-order valence-electron chi connectivity index (χ2n) is 7.21. The number of aryl methyl sites for hydroxylation is 1. The Bertz CT molecular complexity index is 895. The summed E-state index contributed by atoms with van der Waals surface area (Å²) in [5.41, 5.74) is 3.76. The van der Waals surface area contributed by atoms with Crippen molar-refractivity contribution in [1.29, 1.82) is 5.26 Å². The van der Waals surface area contributed by atoms with Crippen molar-refractivity contribution in [2.75, 3.05) is 16.8 Å². The predicted molar refractivity (Wildman–Crippen MR) is 106 cm³/mol. The Morgan fingerprint density at radius 3 is 2.59 bits per heavy atom. The number of rotatable bonds is 5. The molecule has 0 unspecified atom stereocenters. The van der Waals surface area contributed by atoms with Gasteiger partial charge in [0.05, 0.1) is 11.6 Å². The van der Waals surface area contributed by atoms with Crippen LogP contribution in [0.3, 0.4) is 0 Å². The molecule has 0 aromatic heterocycles. The SMILES string of the molecule is CC(C)CCN1C(=O)CCc2cc(NC(=O)c3ccc(C#N)cc3)ccc21. The first-order chi connectivity index (χ1) is 13.0. The number of amides is 2. The fourth-order valence-electron chi connectivity index (χ4n) is 3.17. The van der Waals surface area contributed by atoms with E-state index in [0.717, 1.165) is 24.2 Å². The third-order valence-corrected chi connectivity index (χ3v) is 4.74. The van der Waals surface area contributed by atoms with E-state index < -0.39 is 0 Å². The number of nitrogens with zero attached hydrogens (tertiary/aromatic N) is 2. The molecule has 0 radical (unpaired) electrons. The quantitative estimate of drug-likeness (QED) is 0.870. The number of fused-ring (bicyclic) bond motifs is 1.